The molecule has 1 aromatic carbocycles. The van der Waals surface area contributed by atoms with Crippen LogP contribution in [0.15, 0.2) is 24.3 Å². The summed E-state index contributed by atoms with van der Waals surface area (Å²) in [5.74, 6) is 0.901. The maximum atomic E-state index is 8.93. The normalized spacial score (nSPS) is 16.2. The van der Waals surface area contributed by atoms with E-state index in [1.54, 1.807) is 7.11 Å². The van der Waals surface area contributed by atoms with Gasteiger partial charge in [-0.15, -0.1) is 0 Å². The first-order valence-electron chi connectivity index (χ1n) is 6.03. The molecule has 0 aliphatic heterocycles. The molecule has 1 aromatic rings. The molecular weight excluding hydrogens is 212 g/mol. The first-order valence-corrected chi connectivity index (χ1v) is 6.03. The maximum Gasteiger partial charge on any atom is 0.119 e. The summed E-state index contributed by atoms with van der Waals surface area (Å²) >= 11 is 0. The van der Waals surface area contributed by atoms with Gasteiger partial charge in [0.15, 0.2) is 0 Å². The van der Waals surface area contributed by atoms with Crippen molar-refractivity contribution in [2.75, 3.05) is 20.2 Å². The maximum absolute atomic E-state index is 8.93. The molecule has 2 rings (SSSR count). The third kappa shape index (κ3) is 3.21. The summed E-state index contributed by atoms with van der Waals surface area (Å²) in [5, 5.41) is 12.3. The average Bonchev–Trinajstić information content (AvgIpc) is 3.16. The van der Waals surface area contributed by atoms with Crippen molar-refractivity contribution in [1.82, 2.24) is 5.32 Å². The SMILES string of the molecule is COc1cccc(CCNCC2(C#N)CC2)c1. The van der Waals surface area contributed by atoms with Gasteiger partial charge in [-0.1, -0.05) is 12.1 Å². The zero-order valence-electron chi connectivity index (χ0n) is 10.2. The number of nitrogens with one attached hydrogen (secondary N) is 1. The fourth-order valence-corrected chi connectivity index (χ4v) is 1.87. The molecule has 1 aliphatic rings. The van der Waals surface area contributed by atoms with Crippen LogP contribution in [0.2, 0.25) is 0 Å². The fraction of sp³-hybridized carbons (Fsp3) is 0.500. The molecule has 0 spiro atoms. The Hall–Kier alpha value is -1.53. The lowest BCUT2D eigenvalue weighted by Crippen LogP contribution is -2.25. The highest BCUT2D eigenvalue weighted by molar-refractivity contribution is 5.28. The van der Waals surface area contributed by atoms with Gasteiger partial charge >= 0.3 is 0 Å². The molecule has 1 fully saturated rings. The number of nitriles is 1. The predicted octanol–water partition coefficient (Wildman–Crippen LogP) is 2.13. The molecular formula is C14H18N2O. The van der Waals surface area contributed by atoms with Gasteiger partial charge in [-0.3, -0.25) is 0 Å². The van der Waals surface area contributed by atoms with Crippen LogP contribution in [0.25, 0.3) is 0 Å². The van der Waals surface area contributed by atoms with Crippen molar-refractivity contribution in [2.24, 2.45) is 5.41 Å². The second-order valence-corrected chi connectivity index (χ2v) is 4.67. The second kappa shape index (κ2) is 5.20. The molecule has 0 aromatic heterocycles. The van der Waals surface area contributed by atoms with Crippen LogP contribution in [0.4, 0.5) is 0 Å². The molecule has 17 heavy (non-hydrogen) atoms. The highest BCUT2D eigenvalue weighted by atomic mass is 16.5. The highest BCUT2D eigenvalue weighted by Gasteiger charge is 2.42. The zero-order valence-corrected chi connectivity index (χ0v) is 10.2. The van der Waals surface area contributed by atoms with Gasteiger partial charge in [-0.25, -0.2) is 0 Å². The number of methoxy groups -OCH3 is 1. The Morgan fingerprint density at radius 2 is 2.29 bits per heavy atom. The molecule has 0 heterocycles. The highest BCUT2D eigenvalue weighted by Crippen LogP contribution is 2.43. The quantitative estimate of drug-likeness (QED) is 0.761. The van der Waals surface area contributed by atoms with Gasteiger partial charge in [-0.05, 0) is 43.5 Å². The topological polar surface area (TPSA) is 45.0 Å². The number of benzene rings is 1. The van der Waals surface area contributed by atoms with E-state index in [1.165, 1.54) is 5.56 Å². The predicted molar refractivity (Wildman–Crippen MR) is 66.8 cm³/mol. The Bertz CT molecular complexity index is 418. The van der Waals surface area contributed by atoms with Crippen molar-refractivity contribution < 1.29 is 4.74 Å². The van der Waals surface area contributed by atoms with E-state index in [-0.39, 0.29) is 5.41 Å². The van der Waals surface area contributed by atoms with Crippen molar-refractivity contribution in [3.8, 4) is 11.8 Å². The van der Waals surface area contributed by atoms with E-state index in [9.17, 15) is 0 Å². The van der Waals surface area contributed by atoms with Gasteiger partial charge in [0.1, 0.15) is 5.75 Å². The van der Waals surface area contributed by atoms with Gasteiger partial charge in [0.25, 0.3) is 0 Å². The molecule has 0 saturated heterocycles. The molecule has 90 valence electrons. The number of hydrogen-bond donors (Lipinski definition) is 1. The van der Waals surface area contributed by atoms with Crippen molar-refractivity contribution in [2.45, 2.75) is 19.3 Å². The van der Waals surface area contributed by atoms with Crippen LogP contribution >= 0.6 is 0 Å². The summed E-state index contributed by atoms with van der Waals surface area (Å²) in [7, 11) is 1.68. The van der Waals surface area contributed by atoms with Crippen LogP contribution in [-0.2, 0) is 6.42 Å². The Morgan fingerprint density at radius 3 is 2.94 bits per heavy atom. The molecule has 1 N–H and O–H groups in total. The molecule has 3 nitrogen and oxygen atoms in total. The zero-order chi connectivity index (χ0) is 12.1. The summed E-state index contributed by atoms with van der Waals surface area (Å²) in [5.41, 5.74) is 1.22. The Balaban J connectivity index is 1.73. The summed E-state index contributed by atoms with van der Waals surface area (Å²) in [4.78, 5) is 0. The van der Waals surface area contributed by atoms with Crippen molar-refractivity contribution in [3.63, 3.8) is 0 Å². The van der Waals surface area contributed by atoms with E-state index in [0.29, 0.717) is 0 Å². The van der Waals surface area contributed by atoms with Gasteiger partial charge < -0.3 is 10.1 Å². The van der Waals surface area contributed by atoms with Gasteiger partial charge in [0.2, 0.25) is 0 Å². The molecule has 1 aliphatic carbocycles. The summed E-state index contributed by atoms with van der Waals surface area (Å²) in [6.07, 6.45) is 3.07. The summed E-state index contributed by atoms with van der Waals surface area (Å²) in [6, 6.07) is 10.5. The van der Waals surface area contributed by atoms with Crippen molar-refractivity contribution in [1.29, 1.82) is 5.26 Å². The number of ether oxygens (including phenoxy) is 1. The lowest BCUT2D eigenvalue weighted by atomic mass is 10.1. The van der Waals surface area contributed by atoms with Crippen molar-refractivity contribution >= 4 is 0 Å². The van der Waals surface area contributed by atoms with E-state index < -0.39 is 0 Å². The molecule has 3 heteroatoms. The number of rotatable bonds is 6. The molecule has 1 saturated carbocycles. The van der Waals surface area contributed by atoms with Gasteiger partial charge in [-0.2, -0.15) is 5.26 Å². The van der Waals surface area contributed by atoms with Crippen LogP contribution in [0.1, 0.15) is 18.4 Å². The Labute approximate surface area is 102 Å². The average molecular weight is 230 g/mol. The van der Waals surface area contributed by atoms with Crippen LogP contribution in [0.5, 0.6) is 5.75 Å². The third-order valence-corrected chi connectivity index (χ3v) is 3.28. The molecule has 0 amide bonds. The largest absolute Gasteiger partial charge is 0.497 e. The summed E-state index contributed by atoms with van der Waals surface area (Å²) < 4.78 is 5.18. The molecule has 0 bridgehead atoms. The van der Waals surface area contributed by atoms with E-state index in [1.807, 2.05) is 12.1 Å². The van der Waals surface area contributed by atoms with Crippen LogP contribution in [0, 0.1) is 16.7 Å². The first-order chi connectivity index (χ1) is 8.28. The smallest absolute Gasteiger partial charge is 0.119 e. The van der Waals surface area contributed by atoms with Gasteiger partial charge in [0.05, 0.1) is 18.6 Å². The molecule has 0 atom stereocenters. The minimum Gasteiger partial charge on any atom is -0.497 e. The number of nitrogens with zero attached hydrogens (tertiary/aromatic N) is 1. The molecule has 0 radical (unpaired) electrons. The summed E-state index contributed by atoms with van der Waals surface area (Å²) in [6.45, 7) is 1.74. The fourth-order valence-electron chi connectivity index (χ4n) is 1.87. The first kappa shape index (κ1) is 11.9. The third-order valence-electron chi connectivity index (χ3n) is 3.28. The minimum atomic E-state index is -0.0472. The van der Waals surface area contributed by atoms with E-state index in [2.05, 4.69) is 23.5 Å². The lowest BCUT2D eigenvalue weighted by Gasteiger charge is -2.08. The molecule has 0 unspecified atom stereocenters. The van der Waals surface area contributed by atoms with Gasteiger partial charge in [0, 0.05) is 6.54 Å². The Morgan fingerprint density at radius 1 is 1.47 bits per heavy atom. The minimum absolute atomic E-state index is 0.0472. The Kier molecular flexibility index (Phi) is 3.65. The van der Waals surface area contributed by atoms with E-state index in [4.69, 9.17) is 10.00 Å². The van der Waals surface area contributed by atoms with Crippen molar-refractivity contribution in [3.05, 3.63) is 29.8 Å². The van der Waals surface area contributed by atoms with Crippen LogP contribution in [-0.4, -0.2) is 20.2 Å². The van der Waals surface area contributed by atoms with E-state index in [0.717, 1.165) is 38.1 Å². The standard InChI is InChI=1S/C14H18N2O/c1-17-13-4-2-3-12(9-13)5-8-16-11-14(10-15)6-7-14/h2-4,9,16H,5-8,11H2,1H3. The lowest BCUT2D eigenvalue weighted by molar-refractivity contribution is 0.414. The van der Waals surface area contributed by atoms with E-state index >= 15 is 0 Å². The second-order valence-electron chi connectivity index (χ2n) is 4.67. The van der Waals surface area contributed by atoms with Crippen LogP contribution in [0.3, 0.4) is 0 Å². The van der Waals surface area contributed by atoms with Crippen LogP contribution < -0.4 is 10.1 Å². The number of hydrogen-bond acceptors (Lipinski definition) is 3. The monoisotopic (exact) mass is 230 g/mol.